The number of sulfonamides is 1. The van der Waals surface area contributed by atoms with Crippen molar-refractivity contribution in [1.82, 2.24) is 10.0 Å². The van der Waals surface area contributed by atoms with Crippen LogP contribution in [0.2, 0.25) is 0 Å². The first kappa shape index (κ1) is 15.1. The zero-order valence-electron chi connectivity index (χ0n) is 10.5. The highest BCUT2D eigenvalue weighted by Gasteiger charge is 2.15. The lowest BCUT2D eigenvalue weighted by Crippen LogP contribution is -2.28. The highest BCUT2D eigenvalue weighted by molar-refractivity contribution is 7.91. The van der Waals surface area contributed by atoms with Crippen molar-refractivity contribution >= 4 is 27.3 Å². The van der Waals surface area contributed by atoms with Gasteiger partial charge in [0, 0.05) is 24.9 Å². The molecular formula is C11H18N2O3S2. The van der Waals surface area contributed by atoms with Crippen LogP contribution in [0.15, 0.2) is 16.3 Å². The number of carbonyl (C=O) groups is 1. The van der Waals surface area contributed by atoms with Crippen LogP contribution in [0.5, 0.6) is 0 Å². The third-order valence-electron chi connectivity index (χ3n) is 2.27. The summed E-state index contributed by atoms with van der Waals surface area (Å²) in [6.07, 6.45) is 1.41. The second-order valence-electron chi connectivity index (χ2n) is 3.81. The van der Waals surface area contributed by atoms with Crippen LogP contribution in [0, 0.1) is 0 Å². The van der Waals surface area contributed by atoms with Gasteiger partial charge in [-0.1, -0.05) is 6.92 Å². The van der Waals surface area contributed by atoms with Crippen LogP contribution in [-0.2, 0) is 21.2 Å². The molecule has 0 saturated heterocycles. The molecule has 2 N–H and O–H groups in total. The number of hydrogen-bond acceptors (Lipinski definition) is 4. The summed E-state index contributed by atoms with van der Waals surface area (Å²) in [5.74, 6) is -0.108. The molecule has 1 heterocycles. The molecule has 0 aliphatic rings. The lowest BCUT2D eigenvalue weighted by atomic mass is 10.4. The van der Waals surface area contributed by atoms with E-state index in [1.807, 2.05) is 13.0 Å². The van der Waals surface area contributed by atoms with Crippen LogP contribution in [-0.4, -0.2) is 27.4 Å². The van der Waals surface area contributed by atoms with Gasteiger partial charge < -0.3 is 5.32 Å². The van der Waals surface area contributed by atoms with Crippen molar-refractivity contribution in [2.24, 2.45) is 0 Å². The summed E-state index contributed by atoms with van der Waals surface area (Å²) >= 11 is 1.29. The zero-order valence-corrected chi connectivity index (χ0v) is 12.2. The standard InChI is InChI=1S/C11H18N2O3S2/c1-3-10-5-6-11(17-10)18(15,16)13-8-4-7-12-9(2)14/h5-6,13H,3-4,7-8H2,1-2H3,(H,12,14). The monoisotopic (exact) mass is 290 g/mol. The normalized spacial score (nSPS) is 11.4. The average Bonchev–Trinajstić information content (AvgIpc) is 2.77. The van der Waals surface area contributed by atoms with Gasteiger partial charge in [0.2, 0.25) is 15.9 Å². The van der Waals surface area contributed by atoms with E-state index >= 15 is 0 Å². The molecule has 5 nitrogen and oxygen atoms in total. The summed E-state index contributed by atoms with van der Waals surface area (Å²) in [6, 6.07) is 3.45. The van der Waals surface area contributed by atoms with Gasteiger partial charge in [-0.15, -0.1) is 11.3 Å². The summed E-state index contributed by atoms with van der Waals surface area (Å²) in [5, 5.41) is 2.61. The molecule has 18 heavy (non-hydrogen) atoms. The molecule has 0 fully saturated rings. The highest BCUT2D eigenvalue weighted by atomic mass is 32.2. The highest BCUT2D eigenvalue weighted by Crippen LogP contribution is 2.21. The molecule has 0 spiro atoms. The Bertz CT molecular complexity index is 494. The molecule has 1 amide bonds. The van der Waals surface area contributed by atoms with Gasteiger partial charge in [0.1, 0.15) is 4.21 Å². The lowest BCUT2D eigenvalue weighted by molar-refractivity contribution is -0.118. The Morgan fingerprint density at radius 1 is 1.33 bits per heavy atom. The van der Waals surface area contributed by atoms with E-state index in [1.54, 1.807) is 6.07 Å². The van der Waals surface area contributed by atoms with Crippen LogP contribution in [0.1, 0.15) is 25.1 Å². The first-order valence-corrected chi connectivity index (χ1v) is 8.08. The molecule has 0 bridgehead atoms. The van der Waals surface area contributed by atoms with Crippen LogP contribution in [0.25, 0.3) is 0 Å². The van der Waals surface area contributed by atoms with Gasteiger partial charge in [0.25, 0.3) is 0 Å². The number of nitrogens with one attached hydrogen (secondary N) is 2. The molecule has 1 rings (SSSR count). The minimum Gasteiger partial charge on any atom is -0.356 e. The smallest absolute Gasteiger partial charge is 0.250 e. The minimum atomic E-state index is -3.39. The van der Waals surface area contributed by atoms with Gasteiger partial charge in [-0.3, -0.25) is 4.79 Å². The Morgan fingerprint density at radius 2 is 2.06 bits per heavy atom. The fourth-order valence-electron chi connectivity index (χ4n) is 1.32. The number of aryl methyl sites for hydroxylation is 1. The van der Waals surface area contributed by atoms with Crippen molar-refractivity contribution < 1.29 is 13.2 Å². The summed E-state index contributed by atoms with van der Waals surface area (Å²) in [4.78, 5) is 11.7. The predicted octanol–water partition coefficient (Wildman–Crippen LogP) is 1.11. The second-order valence-corrected chi connectivity index (χ2v) is 6.97. The quantitative estimate of drug-likeness (QED) is 0.739. The second kappa shape index (κ2) is 6.86. The van der Waals surface area contributed by atoms with Crippen molar-refractivity contribution in [1.29, 1.82) is 0 Å². The van der Waals surface area contributed by atoms with E-state index in [4.69, 9.17) is 0 Å². The number of amides is 1. The molecule has 0 aromatic carbocycles. The molecule has 0 unspecified atom stereocenters. The topological polar surface area (TPSA) is 75.3 Å². The van der Waals surface area contributed by atoms with Crippen LogP contribution < -0.4 is 10.0 Å². The number of thiophene rings is 1. The molecule has 0 atom stereocenters. The van der Waals surface area contributed by atoms with Crippen LogP contribution in [0.3, 0.4) is 0 Å². The van der Waals surface area contributed by atoms with E-state index in [0.717, 1.165) is 11.3 Å². The third kappa shape index (κ3) is 4.75. The minimum absolute atomic E-state index is 0.108. The van der Waals surface area contributed by atoms with E-state index in [9.17, 15) is 13.2 Å². The molecule has 1 aromatic heterocycles. The number of carbonyl (C=O) groups excluding carboxylic acids is 1. The Labute approximate surface area is 112 Å². The summed E-state index contributed by atoms with van der Waals surface area (Å²) in [7, 11) is -3.39. The summed E-state index contributed by atoms with van der Waals surface area (Å²) in [6.45, 7) is 4.22. The third-order valence-corrected chi connectivity index (χ3v) is 5.45. The first-order chi connectivity index (χ1) is 8.45. The molecule has 0 saturated carbocycles. The molecular weight excluding hydrogens is 272 g/mol. The maximum atomic E-state index is 11.9. The van der Waals surface area contributed by atoms with Crippen molar-refractivity contribution in [3.63, 3.8) is 0 Å². The Kier molecular flexibility index (Phi) is 5.77. The SMILES string of the molecule is CCc1ccc(S(=O)(=O)NCCCNC(C)=O)s1. The van der Waals surface area contributed by atoms with Gasteiger partial charge >= 0.3 is 0 Å². The van der Waals surface area contributed by atoms with Gasteiger partial charge in [-0.25, -0.2) is 13.1 Å². The van der Waals surface area contributed by atoms with Gasteiger partial charge in [-0.05, 0) is 25.0 Å². The lowest BCUT2D eigenvalue weighted by Gasteiger charge is -2.05. The molecule has 0 aliphatic carbocycles. The fraction of sp³-hybridized carbons (Fsp3) is 0.545. The van der Waals surface area contributed by atoms with E-state index in [2.05, 4.69) is 10.0 Å². The zero-order chi connectivity index (χ0) is 13.6. The Morgan fingerprint density at radius 3 is 2.61 bits per heavy atom. The van der Waals surface area contributed by atoms with Gasteiger partial charge in [0.15, 0.2) is 0 Å². The molecule has 0 aliphatic heterocycles. The fourth-order valence-corrected chi connectivity index (χ4v) is 3.74. The van der Waals surface area contributed by atoms with E-state index < -0.39 is 10.0 Å². The number of hydrogen-bond donors (Lipinski definition) is 2. The van der Waals surface area contributed by atoms with Crippen molar-refractivity contribution in [2.75, 3.05) is 13.1 Å². The van der Waals surface area contributed by atoms with E-state index in [-0.39, 0.29) is 5.91 Å². The van der Waals surface area contributed by atoms with Crippen molar-refractivity contribution in [2.45, 2.75) is 30.9 Å². The van der Waals surface area contributed by atoms with Gasteiger partial charge in [0.05, 0.1) is 0 Å². The molecule has 1 aromatic rings. The molecule has 102 valence electrons. The number of rotatable bonds is 7. The van der Waals surface area contributed by atoms with Gasteiger partial charge in [-0.2, -0.15) is 0 Å². The van der Waals surface area contributed by atoms with Crippen LogP contribution in [0.4, 0.5) is 0 Å². The van der Waals surface area contributed by atoms with E-state index in [1.165, 1.54) is 18.3 Å². The summed E-state index contributed by atoms with van der Waals surface area (Å²) in [5.41, 5.74) is 0. The predicted molar refractivity (Wildman–Crippen MR) is 72.2 cm³/mol. The molecule has 0 radical (unpaired) electrons. The van der Waals surface area contributed by atoms with Crippen LogP contribution >= 0.6 is 11.3 Å². The maximum absolute atomic E-state index is 11.9. The van der Waals surface area contributed by atoms with E-state index in [0.29, 0.717) is 23.7 Å². The largest absolute Gasteiger partial charge is 0.356 e. The Balaban J connectivity index is 2.42. The maximum Gasteiger partial charge on any atom is 0.250 e. The molecule has 7 heteroatoms. The average molecular weight is 290 g/mol. The Hall–Kier alpha value is -0.920. The summed E-state index contributed by atoms with van der Waals surface area (Å²) < 4.78 is 26.6. The first-order valence-electron chi connectivity index (χ1n) is 5.78. The van der Waals surface area contributed by atoms with Crippen molar-refractivity contribution in [3.05, 3.63) is 17.0 Å². The van der Waals surface area contributed by atoms with Crippen molar-refractivity contribution in [3.8, 4) is 0 Å².